The molecule has 0 aliphatic carbocycles. The Kier molecular flexibility index (Phi) is 7.72. The SMILES string of the molecule is COCCN(CCCN)CCC(F)(F)F. The van der Waals surface area contributed by atoms with Crippen molar-refractivity contribution in [2.24, 2.45) is 5.73 Å². The third-order valence-electron chi connectivity index (χ3n) is 2.00. The van der Waals surface area contributed by atoms with Crippen molar-refractivity contribution in [3.8, 4) is 0 Å². The molecule has 0 aliphatic heterocycles. The Hall–Kier alpha value is -0.330. The maximum atomic E-state index is 12.0. The Bertz CT molecular complexity index is 145. The summed E-state index contributed by atoms with van der Waals surface area (Å²) in [5.74, 6) is 0. The lowest BCUT2D eigenvalue weighted by Gasteiger charge is -2.22. The van der Waals surface area contributed by atoms with E-state index in [2.05, 4.69) is 0 Å². The predicted molar refractivity (Wildman–Crippen MR) is 52.7 cm³/mol. The molecule has 0 aromatic rings. The van der Waals surface area contributed by atoms with Crippen LogP contribution in [0.3, 0.4) is 0 Å². The van der Waals surface area contributed by atoms with Gasteiger partial charge in [0.25, 0.3) is 0 Å². The quantitative estimate of drug-likeness (QED) is 0.679. The monoisotopic (exact) mass is 228 g/mol. The number of rotatable bonds is 8. The van der Waals surface area contributed by atoms with Crippen molar-refractivity contribution in [2.45, 2.75) is 19.0 Å². The Balaban J connectivity index is 3.78. The first-order valence-corrected chi connectivity index (χ1v) is 4.97. The van der Waals surface area contributed by atoms with Gasteiger partial charge in [0.05, 0.1) is 13.0 Å². The van der Waals surface area contributed by atoms with E-state index in [0.717, 1.165) is 0 Å². The van der Waals surface area contributed by atoms with Crippen molar-refractivity contribution in [3.05, 3.63) is 0 Å². The number of methoxy groups -OCH3 is 1. The minimum atomic E-state index is -4.09. The van der Waals surface area contributed by atoms with Crippen molar-refractivity contribution in [1.29, 1.82) is 0 Å². The highest BCUT2D eigenvalue weighted by atomic mass is 19.4. The Morgan fingerprint density at radius 1 is 1.20 bits per heavy atom. The fourth-order valence-electron chi connectivity index (χ4n) is 1.16. The molecule has 6 heteroatoms. The summed E-state index contributed by atoms with van der Waals surface area (Å²) in [6.45, 7) is 2.08. The molecule has 0 spiro atoms. The number of ether oxygens (including phenoxy) is 1. The molecule has 0 saturated carbocycles. The van der Waals surface area contributed by atoms with Gasteiger partial charge in [0.2, 0.25) is 0 Å². The molecule has 0 unspecified atom stereocenters. The third kappa shape index (κ3) is 9.96. The van der Waals surface area contributed by atoms with Crippen LogP contribution in [0.5, 0.6) is 0 Å². The molecule has 0 radical (unpaired) electrons. The predicted octanol–water partition coefficient (Wildman–Crippen LogP) is 1.24. The van der Waals surface area contributed by atoms with Crippen LogP contribution < -0.4 is 5.73 Å². The average Bonchev–Trinajstić information content (AvgIpc) is 2.15. The van der Waals surface area contributed by atoms with Crippen LogP contribution in [-0.4, -0.2) is 51.0 Å². The summed E-state index contributed by atoms with van der Waals surface area (Å²) in [5, 5.41) is 0. The van der Waals surface area contributed by atoms with Crippen LogP contribution in [0.25, 0.3) is 0 Å². The van der Waals surface area contributed by atoms with Gasteiger partial charge in [-0.1, -0.05) is 0 Å². The fourth-order valence-corrected chi connectivity index (χ4v) is 1.16. The summed E-state index contributed by atoms with van der Waals surface area (Å²) in [4.78, 5) is 1.73. The fraction of sp³-hybridized carbons (Fsp3) is 1.00. The van der Waals surface area contributed by atoms with E-state index < -0.39 is 12.6 Å². The van der Waals surface area contributed by atoms with Gasteiger partial charge in [-0.25, -0.2) is 0 Å². The van der Waals surface area contributed by atoms with Crippen LogP contribution in [0.15, 0.2) is 0 Å². The molecule has 0 aromatic carbocycles. The maximum absolute atomic E-state index is 12.0. The smallest absolute Gasteiger partial charge is 0.383 e. The number of nitrogens with zero attached hydrogens (tertiary/aromatic N) is 1. The van der Waals surface area contributed by atoms with E-state index >= 15 is 0 Å². The van der Waals surface area contributed by atoms with Gasteiger partial charge in [-0.05, 0) is 19.5 Å². The first kappa shape index (κ1) is 14.7. The molecule has 3 nitrogen and oxygen atoms in total. The molecule has 0 bridgehead atoms. The second kappa shape index (κ2) is 7.90. The van der Waals surface area contributed by atoms with Crippen molar-refractivity contribution >= 4 is 0 Å². The third-order valence-corrected chi connectivity index (χ3v) is 2.00. The highest BCUT2D eigenvalue weighted by molar-refractivity contribution is 4.61. The van der Waals surface area contributed by atoms with Crippen LogP contribution in [0, 0.1) is 0 Å². The number of halogens is 3. The maximum Gasteiger partial charge on any atom is 0.390 e. The van der Waals surface area contributed by atoms with Gasteiger partial charge in [-0.3, -0.25) is 0 Å². The first-order chi connectivity index (χ1) is 6.99. The summed E-state index contributed by atoms with van der Waals surface area (Å²) >= 11 is 0. The van der Waals surface area contributed by atoms with Gasteiger partial charge >= 0.3 is 6.18 Å². The van der Waals surface area contributed by atoms with Gasteiger partial charge < -0.3 is 15.4 Å². The van der Waals surface area contributed by atoms with Crippen LogP contribution in [0.2, 0.25) is 0 Å². The molecule has 0 aromatic heterocycles. The summed E-state index contributed by atoms with van der Waals surface area (Å²) < 4.78 is 40.8. The van der Waals surface area contributed by atoms with E-state index in [9.17, 15) is 13.2 Å². The van der Waals surface area contributed by atoms with E-state index in [1.54, 1.807) is 4.90 Å². The van der Waals surface area contributed by atoms with E-state index in [0.29, 0.717) is 32.7 Å². The van der Waals surface area contributed by atoms with Gasteiger partial charge in [0, 0.05) is 20.2 Å². The van der Waals surface area contributed by atoms with Crippen LogP contribution in [0.1, 0.15) is 12.8 Å². The molecule has 0 amide bonds. The molecular formula is C9H19F3N2O. The summed E-state index contributed by atoms with van der Waals surface area (Å²) in [6, 6.07) is 0. The number of nitrogens with two attached hydrogens (primary N) is 1. The Labute approximate surface area is 88.4 Å². The van der Waals surface area contributed by atoms with Gasteiger partial charge in [-0.15, -0.1) is 0 Å². The van der Waals surface area contributed by atoms with Crippen molar-refractivity contribution in [2.75, 3.05) is 39.9 Å². The topological polar surface area (TPSA) is 38.5 Å². The highest BCUT2D eigenvalue weighted by Gasteiger charge is 2.27. The van der Waals surface area contributed by atoms with Crippen LogP contribution >= 0.6 is 0 Å². The normalized spacial score (nSPS) is 12.4. The first-order valence-electron chi connectivity index (χ1n) is 4.97. The minimum absolute atomic E-state index is 0.0207. The zero-order valence-electron chi connectivity index (χ0n) is 9.02. The van der Waals surface area contributed by atoms with Gasteiger partial charge in [-0.2, -0.15) is 13.2 Å². The second-order valence-electron chi connectivity index (χ2n) is 3.34. The highest BCUT2D eigenvalue weighted by Crippen LogP contribution is 2.19. The minimum Gasteiger partial charge on any atom is -0.383 e. The van der Waals surface area contributed by atoms with Gasteiger partial charge in [0.1, 0.15) is 0 Å². The lowest BCUT2D eigenvalue weighted by Crippen LogP contribution is -2.33. The lowest BCUT2D eigenvalue weighted by atomic mass is 10.3. The zero-order chi connectivity index (χ0) is 11.7. The molecule has 0 saturated heterocycles. The van der Waals surface area contributed by atoms with E-state index in [4.69, 9.17) is 10.5 Å². The molecule has 0 fully saturated rings. The average molecular weight is 228 g/mol. The van der Waals surface area contributed by atoms with E-state index in [-0.39, 0.29) is 6.54 Å². The summed E-state index contributed by atoms with van der Waals surface area (Å²) in [5.41, 5.74) is 5.31. The lowest BCUT2D eigenvalue weighted by molar-refractivity contribution is -0.138. The number of hydrogen-bond acceptors (Lipinski definition) is 3. The molecule has 0 atom stereocenters. The molecule has 0 aliphatic rings. The van der Waals surface area contributed by atoms with Crippen molar-refractivity contribution in [1.82, 2.24) is 4.90 Å². The molecule has 0 heterocycles. The molecule has 92 valence electrons. The number of hydrogen-bond donors (Lipinski definition) is 1. The molecule has 0 rings (SSSR count). The zero-order valence-corrected chi connectivity index (χ0v) is 9.02. The molecule has 15 heavy (non-hydrogen) atoms. The van der Waals surface area contributed by atoms with Crippen molar-refractivity contribution in [3.63, 3.8) is 0 Å². The van der Waals surface area contributed by atoms with Crippen LogP contribution in [-0.2, 0) is 4.74 Å². The Morgan fingerprint density at radius 2 is 1.87 bits per heavy atom. The van der Waals surface area contributed by atoms with Gasteiger partial charge in [0.15, 0.2) is 0 Å². The summed E-state index contributed by atoms with van der Waals surface area (Å²) in [6.07, 6.45) is -4.16. The van der Waals surface area contributed by atoms with E-state index in [1.807, 2.05) is 0 Å². The molecule has 2 N–H and O–H groups in total. The van der Waals surface area contributed by atoms with Crippen molar-refractivity contribution < 1.29 is 17.9 Å². The molecular weight excluding hydrogens is 209 g/mol. The van der Waals surface area contributed by atoms with E-state index in [1.165, 1.54) is 7.11 Å². The largest absolute Gasteiger partial charge is 0.390 e. The standard InChI is InChI=1S/C9H19F3N2O/c1-15-8-7-14(5-2-4-13)6-3-9(10,11)12/h2-8,13H2,1H3. The number of alkyl halides is 3. The Morgan fingerprint density at radius 3 is 2.33 bits per heavy atom. The summed E-state index contributed by atoms with van der Waals surface area (Å²) in [7, 11) is 1.53. The second-order valence-corrected chi connectivity index (χ2v) is 3.34. The van der Waals surface area contributed by atoms with Crippen LogP contribution in [0.4, 0.5) is 13.2 Å².